The largest absolute Gasteiger partial charge is 0.481 e. The van der Waals surface area contributed by atoms with E-state index in [4.69, 9.17) is 10.8 Å². The molecule has 1 heterocycles. The molecule has 0 aromatic heterocycles. The van der Waals surface area contributed by atoms with Gasteiger partial charge in [0.1, 0.15) is 18.1 Å². The average Bonchev–Trinajstić information content (AvgIpc) is 3.19. The Bertz CT molecular complexity index is 671. The van der Waals surface area contributed by atoms with Crippen LogP contribution < -0.4 is 16.4 Å². The molecule has 0 radical (unpaired) electrons. The highest BCUT2D eigenvalue weighted by Crippen LogP contribution is 2.19. The van der Waals surface area contributed by atoms with Crippen molar-refractivity contribution >= 4 is 29.7 Å². The lowest BCUT2D eigenvalue weighted by Crippen LogP contribution is -2.58. The fraction of sp³-hybridized carbons (Fsp3) is 0.722. The fourth-order valence-electron chi connectivity index (χ4n) is 3.11. The standard InChI is InChI=1S/C18H30N4O8/c1-3-9(2)14(19)16(27)21-11(8-23)15(26)20-10(7-13(24)25)17(28)22-6-4-5-12(22)18(29)30/h9-12,14,23H,3-8,19H2,1-2H3,(H,20,26)(H,21,27)(H,24,25)(H,29,30). The molecule has 1 fully saturated rings. The van der Waals surface area contributed by atoms with Gasteiger partial charge in [-0.25, -0.2) is 4.79 Å². The molecule has 12 nitrogen and oxygen atoms in total. The number of nitrogens with one attached hydrogen (secondary N) is 2. The molecular weight excluding hydrogens is 400 g/mol. The third kappa shape index (κ3) is 6.66. The molecular formula is C18H30N4O8. The van der Waals surface area contributed by atoms with Crippen LogP contribution in [0.5, 0.6) is 0 Å². The molecule has 5 unspecified atom stereocenters. The number of carbonyl (C=O) groups is 5. The Labute approximate surface area is 173 Å². The van der Waals surface area contributed by atoms with Gasteiger partial charge in [-0.1, -0.05) is 20.3 Å². The molecule has 1 aliphatic heterocycles. The van der Waals surface area contributed by atoms with Gasteiger partial charge in [-0.3, -0.25) is 19.2 Å². The summed E-state index contributed by atoms with van der Waals surface area (Å²) in [5.74, 6) is -5.30. The first-order chi connectivity index (χ1) is 14.0. The predicted octanol–water partition coefficient (Wildman–Crippen LogP) is -2.13. The molecule has 0 bridgehead atoms. The second-order valence-corrected chi connectivity index (χ2v) is 7.34. The van der Waals surface area contributed by atoms with Gasteiger partial charge in [0.25, 0.3) is 0 Å². The molecule has 5 atom stereocenters. The Morgan fingerprint density at radius 3 is 2.20 bits per heavy atom. The van der Waals surface area contributed by atoms with E-state index in [0.29, 0.717) is 12.8 Å². The minimum atomic E-state index is -1.55. The van der Waals surface area contributed by atoms with Gasteiger partial charge in [0.15, 0.2) is 0 Å². The van der Waals surface area contributed by atoms with Crippen LogP contribution in [0, 0.1) is 5.92 Å². The number of carboxylic acid groups (broad SMARTS) is 2. The van der Waals surface area contributed by atoms with Crippen LogP contribution in [0.4, 0.5) is 0 Å². The third-order valence-corrected chi connectivity index (χ3v) is 5.19. The zero-order chi connectivity index (χ0) is 23.0. The molecule has 30 heavy (non-hydrogen) atoms. The van der Waals surface area contributed by atoms with Crippen LogP contribution >= 0.6 is 0 Å². The van der Waals surface area contributed by atoms with Crippen molar-refractivity contribution in [2.24, 2.45) is 11.7 Å². The molecule has 170 valence electrons. The number of carbonyl (C=O) groups excluding carboxylic acids is 3. The molecule has 0 spiro atoms. The van der Waals surface area contributed by atoms with Crippen LogP contribution in [0.25, 0.3) is 0 Å². The zero-order valence-corrected chi connectivity index (χ0v) is 17.0. The first kappa shape index (κ1) is 25.3. The summed E-state index contributed by atoms with van der Waals surface area (Å²) < 4.78 is 0. The third-order valence-electron chi connectivity index (χ3n) is 5.19. The van der Waals surface area contributed by atoms with Crippen molar-refractivity contribution in [3.05, 3.63) is 0 Å². The Morgan fingerprint density at radius 2 is 1.70 bits per heavy atom. The summed E-state index contributed by atoms with van der Waals surface area (Å²) in [6.07, 6.45) is 0.475. The molecule has 1 saturated heterocycles. The highest BCUT2D eigenvalue weighted by atomic mass is 16.4. The number of nitrogens with zero attached hydrogens (tertiary/aromatic N) is 1. The van der Waals surface area contributed by atoms with E-state index in [9.17, 15) is 34.2 Å². The molecule has 1 rings (SSSR count). The maximum Gasteiger partial charge on any atom is 0.326 e. The lowest BCUT2D eigenvalue weighted by atomic mass is 9.99. The van der Waals surface area contributed by atoms with Crippen molar-refractivity contribution in [3.8, 4) is 0 Å². The second kappa shape index (κ2) is 11.5. The van der Waals surface area contributed by atoms with Gasteiger partial charge in [-0.15, -0.1) is 0 Å². The summed E-state index contributed by atoms with van der Waals surface area (Å²) >= 11 is 0. The van der Waals surface area contributed by atoms with E-state index < -0.39 is 66.9 Å². The molecule has 7 N–H and O–H groups in total. The quantitative estimate of drug-likeness (QED) is 0.212. The molecule has 0 aliphatic carbocycles. The Kier molecular flexibility index (Phi) is 9.66. The fourth-order valence-corrected chi connectivity index (χ4v) is 3.11. The number of carboxylic acids is 2. The van der Waals surface area contributed by atoms with Crippen LogP contribution in [0.1, 0.15) is 39.5 Å². The van der Waals surface area contributed by atoms with Gasteiger partial charge in [-0.05, 0) is 18.8 Å². The average molecular weight is 430 g/mol. The molecule has 12 heteroatoms. The molecule has 1 aliphatic rings. The first-order valence-corrected chi connectivity index (χ1v) is 9.75. The van der Waals surface area contributed by atoms with Gasteiger partial charge >= 0.3 is 11.9 Å². The lowest BCUT2D eigenvalue weighted by molar-refractivity contribution is -0.150. The normalized spacial score (nSPS) is 20.0. The molecule has 0 aromatic carbocycles. The van der Waals surface area contributed by atoms with Crippen LogP contribution in [0.3, 0.4) is 0 Å². The summed E-state index contributed by atoms with van der Waals surface area (Å²) in [5, 5.41) is 32.3. The summed E-state index contributed by atoms with van der Waals surface area (Å²) in [6.45, 7) is 2.89. The number of hydrogen-bond acceptors (Lipinski definition) is 7. The summed E-state index contributed by atoms with van der Waals surface area (Å²) in [4.78, 5) is 60.9. The van der Waals surface area contributed by atoms with E-state index in [0.717, 1.165) is 4.90 Å². The van der Waals surface area contributed by atoms with Crippen molar-refractivity contribution in [2.45, 2.75) is 63.7 Å². The Balaban J connectivity index is 2.90. The Morgan fingerprint density at radius 1 is 1.10 bits per heavy atom. The van der Waals surface area contributed by atoms with Crippen LogP contribution in [-0.4, -0.2) is 87.2 Å². The second-order valence-electron chi connectivity index (χ2n) is 7.34. The van der Waals surface area contributed by atoms with Crippen molar-refractivity contribution in [1.82, 2.24) is 15.5 Å². The number of hydrogen-bond donors (Lipinski definition) is 6. The maximum atomic E-state index is 12.7. The van der Waals surface area contributed by atoms with E-state index in [1.807, 2.05) is 6.92 Å². The van der Waals surface area contributed by atoms with Crippen molar-refractivity contribution in [2.75, 3.05) is 13.2 Å². The number of aliphatic hydroxyl groups is 1. The highest BCUT2D eigenvalue weighted by molar-refractivity contribution is 5.95. The number of rotatable bonds is 11. The number of aliphatic carboxylic acids is 2. The van der Waals surface area contributed by atoms with Gasteiger partial charge in [-0.2, -0.15) is 0 Å². The number of aliphatic hydroxyl groups excluding tert-OH is 1. The van der Waals surface area contributed by atoms with Crippen molar-refractivity contribution in [3.63, 3.8) is 0 Å². The zero-order valence-electron chi connectivity index (χ0n) is 17.0. The van der Waals surface area contributed by atoms with Crippen LogP contribution in [0.2, 0.25) is 0 Å². The van der Waals surface area contributed by atoms with Gasteiger partial charge < -0.3 is 36.6 Å². The van der Waals surface area contributed by atoms with Crippen LogP contribution in [-0.2, 0) is 24.0 Å². The summed E-state index contributed by atoms with van der Waals surface area (Å²) in [7, 11) is 0. The van der Waals surface area contributed by atoms with Crippen molar-refractivity contribution in [1.29, 1.82) is 0 Å². The monoisotopic (exact) mass is 430 g/mol. The van der Waals surface area contributed by atoms with Crippen molar-refractivity contribution < 1.29 is 39.3 Å². The molecule has 0 saturated carbocycles. The van der Waals surface area contributed by atoms with E-state index in [-0.39, 0.29) is 18.9 Å². The van der Waals surface area contributed by atoms with Gasteiger partial charge in [0, 0.05) is 6.54 Å². The summed E-state index contributed by atoms with van der Waals surface area (Å²) in [6, 6.07) is -5.03. The van der Waals surface area contributed by atoms with Gasteiger partial charge in [0.05, 0.1) is 19.1 Å². The maximum absolute atomic E-state index is 12.7. The smallest absolute Gasteiger partial charge is 0.326 e. The minimum absolute atomic E-state index is 0.117. The minimum Gasteiger partial charge on any atom is -0.481 e. The van der Waals surface area contributed by atoms with E-state index in [1.165, 1.54) is 0 Å². The Hall–Kier alpha value is -2.73. The molecule has 3 amide bonds. The van der Waals surface area contributed by atoms with Gasteiger partial charge in [0.2, 0.25) is 17.7 Å². The highest BCUT2D eigenvalue weighted by Gasteiger charge is 2.39. The lowest BCUT2D eigenvalue weighted by Gasteiger charge is -2.28. The number of nitrogens with two attached hydrogens (primary N) is 1. The number of amides is 3. The predicted molar refractivity (Wildman–Crippen MR) is 103 cm³/mol. The van der Waals surface area contributed by atoms with E-state index in [1.54, 1.807) is 6.92 Å². The topological polar surface area (TPSA) is 199 Å². The first-order valence-electron chi connectivity index (χ1n) is 9.75. The van der Waals surface area contributed by atoms with Crippen LogP contribution in [0.15, 0.2) is 0 Å². The SMILES string of the molecule is CCC(C)C(N)C(=O)NC(CO)C(=O)NC(CC(=O)O)C(=O)N1CCCC1C(=O)O. The summed E-state index contributed by atoms with van der Waals surface area (Å²) in [5.41, 5.74) is 5.80. The van der Waals surface area contributed by atoms with E-state index in [2.05, 4.69) is 10.6 Å². The number of likely N-dealkylation sites (tertiary alicyclic amines) is 1. The van der Waals surface area contributed by atoms with E-state index >= 15 is 0 Å². The molecule has 0 aromatic rings.